The van der Waals surface area contributed by atoms with Gasteiger partial charge in [0, 0.05) is 11.6 Å². The van der Waals surface area contributed by atoms with Crippen LogP contribution in [-0.2, 0) is 6.54 Å². The van der Waals surface area contributed by atoms with E-state index in [9.17, 15) is 0 Å². The van der Waals surface area contributed by atoms with E-state index >= 15 is 0 Å². The zero-order valence-electron chi connectivity index (χ0n) is 12.4. The molecule has 0 aromatic heterocycles. The summed E-state index contributed by atoms with van der Waals surface area (Å²) in [5.41, 5.74) is 4.98. The smallest absolute Gasteiger partial charge is 0.0451 e. The highest BCUT2D eigenvalue weighted by Gasteiger charge is 2.05. The number of hydrogen-bond donors (Lipinski definition) is 1. The van der Waals surface area contributed by atoms with E-state index in [1.54, 1.807) is 0 Å². The lowest BCUT2D eigenvalue weighted by Gasteiger charge is -2.10. The zero-order chi connectivity index (χ0) is 14.5. The molecule has 0 saturated carbocycles. The number of nitrogens with one attached hydrogen (secondary N) is 1. The molecule has 2 aromatic carbocycles. The molecule has 0 radical (unpaired) electrons. The van der Waals surface area contributed by atoms with E-state index in [1.807, 2.05) is 6.07 Å². The van der Waals surface area contributed by atoms with Gasteiger partial charge in [0.25, 0.3) is 0 Å². The van der Waals surface area contributed by atoms with Gasteiger partial charge in [-0.25, -0.2) is 0 Å². The van der Waals surface area contributed by atoms with Gasteiger partial charge in [0.05, 0.1) is 0 Å². The summed E-state index contributed by atoms with van der Waals surface area (Å²) in [5, 5.41) is 4.15. The summed E-state index contributed by atoms with van der Waals surface area (Å²) in [4.78, 5) is 0. The molecular formula is C18H22ClN. The highest BCUT2D eigenvalue weighted by Crippen LogP contribution is 2.26. The van der Waals surface area contributed by atoms with Gasteiger partial charge in [0.2, 0.25) is 0 Å². The Bertz CT molecular complexity index is 558. The maximum Gasteiger partial charge on any atom is 0.0451 e. The molecule has 0 atom stereocenters. The average molecular weight is 288 g/mol. The normalized spacial score (nSPS) is 11.1. The van der Waals surface area contributed by atoms with Crippen LogP contribution >= 0.6 is 11.6 Å². The Kier molecular flexibility index (Phi) is 5.22. The minimum Gasteiger partial charge on any atom is -0.313 e. The summed E-state index contributed by atoms with van der Waals surface area (Å²) < 4.78 is 0. The lowest BCUT2D eigenvalue weighted by atomic mass is 9.98. The van der Waals surface area contributed by atoms with E-state index in [4.69, 9.17) is 11.6 Å². The van der Waals surface area contributed by atoms with Crippen LogP contribution < -0.4 is 5.32 Å². The van der Waals surface area contributed by atoms with Crippen molar-refractivity contribution in [2.24, 2.45) is 0 Å². The van der Waals surface area contributed by atoms with Gasteiger partial charge < -0.3 is 5.32 Å². The average Bonchev–Trinajstić information content (AvgIpc) is 2.46. The van der Waals surface area contributed by atoms with Crippen molar-refractivity contribution in [3.05, 3.63) is 58.6 Å². The molecule has 2 heteroatoms. The Morgan fingerprint density at radius 3 is 2.25 bits per heavy atom. The topological polar surface area (TPSA) is 12.0 Å². The molecule has 0 aliphatic heterocycles. The van der Waals surface area contributed by atoms with Crippen molar-refractivity contribution in [1.29, 1.82) is 0 Å². The second-order valence-corrected chi connectivity index (χ2v) is 5.77. The van der Waals surface area contributed by atoms with Gasteiger partial charge in [-0.2, -0.15) is 0 Å². The molecule has 0 fully saturated rings. The van der Waals surface area contributed by atoms with Crippen molar-refractivity contribution in [1.82, 2.24) is 5.32 Å². The first-order chi connectivity index (χ1) is 9.61. The van der Waals surface area contributed by atoms with Gasteiger partial charge in [-0.3, -0.25) is 0 Å². The van der Waals surface area contributed by atoms with E-state index in [1.165, 1.54) is 16.7 Å². The van der Waals surface area contributed by atoms with Gasteiger partial charge in [0.1, 0.15) is 0 Å². The van der Waals surface area contributed by atoms with Gasteiger partial charge in [-0.15, -0.1) is 0 Å². The number of halogens is 1. The summed E-state index contributed by atoms with van der Waals surface area (Å²) in [6.07, 6.45) is 0. The van der Waals surface area contributed by atoms with E-state index < -0.39 is 0 Å². The van der Waals surface area contributed by atoms with Crippen molar-refractivity contribution in [3.63, 3.8) is 0 Å². The van der Waals surface area contributed by atoms with Crippen LogP contribution in [0.3, 0.4) is 0 Å². The third-order valence-corrected chi connectivity index (χ3v) is 3.89. The second-order valence-electron chi connectivity index (χ2n) is 5.36. The molecule has 20 heavy (non-hydrogen) atoms. The van der Waals surface area contributed by atoms with Gasteiger partial charge >= 0.3 is 0 Å². The fourth-order valence-corrected chi connectivity index (χ4v) is 2.39. The SMILES string of the molecule is CCNCc1cc(-c2ccc(C(C)C)cc2)ccc1Cl. The molecule has 2 rings (SSSR count). The molecule has 0 aliphatic rings. The summed E-state index contributed by atoms with van der Waals surface area (Å²) in [6, 6.07) is 15.0. The van der Waals surface area contributed by atoms with Gasteiger partial charge in [-0.05, 0) is 46.8 Å². The third-order valence-electron chi connectivity index (χ3n) is 3.52. The molecule has 0 amide bonds. The zero-order valence-corrected chi connectivity index (χ0v) is 13.2. The van der Waals surface area contributed by atoms with Crippen LogP contribution in [-0.4, -0.2) is 6.54 Å². The highest BCUT2D eigenvalue weighted by molar-refractivity contribution is 6.31. The molecule has 0 bridgehead atoms. The van der Waals surface area contributed by atoms with E-state index in [0.717, 1.165) is 23.7 Å². The van der Waals surface area contributed by atoms with Crippen LogP contribution in [0.25, 0.3) is 11.1 Å². The Morgan fingerprint density at radius 1 is 1.00 bits per heavy atom. The molecule has 0 aliphatic carbocycles. The highest BCUT2D eigenvalue weighted by atomic mass is 35.5. The van der Waals surface area contributed by atoms with Crippen LogP contribution in [0.5, 0.6) is 0 Å². The molecule has 0 unspecified atom stereocenters. The quantitative estimate of drug-likeness (QED) is 0.793. The molecule has 106 valence electrons. The maximum absolute atomic E-state index is 6.25. The Hall–Kier alpha value is -1.31. The van der Waals surface area contributed by atoms with Crippen molar-refractivity contribution >= 4 is 11.6 Å². The number of benzene rings is 2. The largest absolute Gasteiger partial charge is 0.313 e. The van der Waals surface area contributed by atoms with E-state index in [2.05, 4.69) is 62.5 Å². The monoisotopic (exact) mass is 287 g/mol. The van der Waals surface area contributed by atoms with Crippen LogP contribution in [0.15, 0.2) is 42.5 Å². The number of rotatable bonds is 5. The summed E-state index contributed by atoms with van der Waals surface area (Å²) in [7, 11) is 0. The lowest BCUT2D eigenvalue weighted by Crippen LogP contribution is -2.12. The molecule has 0 heterocycles. The molecule has 0 saturated heterocycles. The first kappa shape index (κ1) is 15.1. The Balaban J connectivity index is 2.27. The molecule has 1 nitrogen and oxygen atoms in total. The van der Waals surface area contributed by atoms with E-state index in [0.29, 0.717) is 5.92 Å². The maximum atomic E-state index is 6.25. The Labute approximate surface area is 127 Å². The first-order valence-electron chi connectivity index (χ1n) is 7.21. The fraction of sp³-hybridized carbons (Fsp3) is 0.333. The summed E-state index contributed by atoms with van der Waals surface area (Å²) in [5.74, 6) is 0.568. The van der Waals surface area contributed by atoms with Gasteiger partial charge in [-0.1, -0.05) is 62.7 Å². The molecule has 1 N–H and O–H groups in total. The van der Waals surface area contributed by atoms with Crippen molar-refractivity contribution in [2.45, 2.75) is 33.2 Å². The van der Waals surface area contributed by atoms with E-state index in [-0.39, 0.29) is 0 Å². The van der Waals surface area contributed by atoms with Crippen LogP contribution in [0.2, 0.25) is 5.02 Å². The number of hydrogen-bond acceptors (Lipinski definition) is 1. The molecule has 0 spiro atoms. The van der Waals surface area contributed by atoms with Crippen LogP contribution in [0, 0.1) is 0 Å². The first-order valence-corrected chi connectivity index (χ1v) is 7.59. The predicted octanol–water partition coefficient (Wildman–Crippen LogP) is 5.24. The van der Waals surface area contributed by atoms with Crippen molar-refractivity contribution < 1.29 is 0 Å². The Morgan fingerprint density at radius 2 is 1.65 bits per heavy atom. The summed E-state index contributed by atoms with van der Waals surface area (Å²) >= 11 is 6.25. The molecule has 2 aromatic rings. The standard InChI is InChI=1S/C18H22ClN/c1-4-20-12-17-11-16(9-10-18(17)19)15-7-5-14(6-8-15)13(2)3/h5-11,13,20H,4,12H2,1-3H3. The van der Waals surface area contributed by atoms with Crippen molar-refractivity contribution in [3.8, 4) is 11.1 Å². The predicted molar refractivity (Wildman–Crippen MR) is 88.4 cm³/mol. The van der Waals surface area contributed by atoms with Crippen LogP contribution in [0.4, 0.5) is 0 Å². The fourth-order valence-electron chi connectivity index (χ4n) is 2.21. The third kappa shape index (κ3) is 3.62. The van der Waals surface area contributed by atoms with Crippen LogP contribution in [0.1, 0.15) is 37.8 Å². The second kappa shape index (κ2) is 6.92. The minimum absolute atomic E-state index is 0.568. The molecular weight excluding hydrogens is 266 g/mol. The van der Waals surface area contributed by atoms with Gasteiger partial charge in [0.15, 0.2) is 0 Å². The van der Waals surface area contributed by atoms with Crippen molar-refractivity contribution in [2.75, 3.05) is 6.54 Å². The summed E-state index contributed by atoms with van der Waals surface area (Å²) in [6.45, 7) is 8.29. The lowest BCUT2D eigenvalue weighted by molar-refractivity contribution is 0.727. The minimum atomic E-state index is 0.568.